The maximum Gasteiger partial charge on any atom is 0.344 e. The van der Waals surface area contributed by atoms with E-state index in [4.69, 9.17) is 9.15 Å². The molecule has 3 aromatic carbocycles. The Kier molecular flexibility index (Phi) is 3.91. The minimum absolute atomic E-state index is 0.227. The molecular formula is C23H19FNO3+. The number of fused-ring (bicyclic) bond motifs is 4. The van der Waals surface area contributed by atoms with Crippen LogP contribution in [0.5, 0.6) is 5.75 Å². The fraction of sp³-hybridized carbons (Fsp3) is 0.174. The summed E-state index contributed by atoms with van der Waals surface area (Å²) < 4.78 is 24.8. The van der Waals surface area contributed by atoms with Gasteiger partial charge in [-0.15, -0.1) is 0 Å². The second kappa shape index (κ2) is 6.46. The molecule has 1 N–H and O–H groups in total. The van der Waals surface area contributed by atoms with Crippen LogP contribution in [0.4, 0.5) is 4.39 Å². The molecule has 28 heavy (non-hydrogen) atoms. The molecule has 1 atom stereocenters. The molecule has 4 aromatic rings. The van der Waals surface area contributed by atoms with E-state index in [2.05, 4.69) is 6.07 Å². The van der Waals surface area contributed by atoms with Crippen LogP contribution in [-0.2, 0) is 13.1 Å². The average molecular weight is 376 g/mol. The fourth-order valence-electron chi connectivity index (χ4n) is 4.06. The lowest BCUT2D eigenvalue weighted by Gasteiger charge is -2.27. The molecule has 1 unspecified atom stereocenters. The first kappa shape index (κ1) is 17.0. The van der Waals surface area contributed by atoms with Crippen molar-refractivity contribution >= 4 is 21.7 Å². The lowest BCUT2D eigenvalue weighted by Crippen LogP contribution is -3.10. The van der Waals surface area contributed by atoms with Crippen molar-refractivity contribution in [2.75, 3.05) is 6.73 Å². The van der Waals surface area contributed by atoms with Gasteiger partial charge in [-0.05, 0) is 36.6 Å². The smallest absolute Gasteiger partial charge is 0.344 e. The zero-order valence-corrected chi connectivity index (χ0v) is 15.4. The van der Waals surface area contributed by atoms with E-state index in [0.717, 1.165) is 46.3 Å². The molecule has 4 nitrogen and oxygen atoms in total. The van der Waals surface area contributed by atoms with Crippen LogP contribution in [-0.4, -0.2) is 6.73 Å². The monoisotopic (exact) mass is 376 g/mol. The van der Waals surface area contributed by atoms with Gasteiger partial charge in [0.15, 0.2) is 0 Å². The summed E-state index contributed by atoms with van der Waals surface area (Å²) in [5, 5.41) is 2.41. The van der Waals surface area contributed by atoms with Crippen molar-refractivity contribution in [2.45, 2.75) is 20.0 Å². The Morgan fingerprint density at radius 3 is 2.57 bits per heavy atom. The first-order chi connectivity index (χ1) is 13.6. The molecule has 140 valence electrons. The van der Waals surface area contributed by atoms with Gasteiger partial charge in [-0.3, -0.25) is 4.90 Å². The van der Waals surface area contributed by atoms with Crippen LogP contribution in [0.1, 0.15) is 16.7 Å². The van der Waals surface area contributed by atoms with Crippen LogP contribution in [0, 0.1) is 12.7 Å². The highest BCUT2D eigenvalue weighted by Gasteiger charge is 2.25. The van der Waals surface area contributed by atoms with Gasteiger partial charge >= 0.3 is 5.63 Å². The van der Waals surface area contributed by atoms with E-state index in [-0.39, 0.29) is 11.4 Å². The van der Waals surface area contributed by atoms with Crippen LogP contribution in [0.25, 0.3) is 21.7 Å². The second-order valence-electron chi connectivity index (χ2n) is 7.32. The summed E-state index contributed by atoms with van der Waals surface area (Å²) in [6, 6.07) is 16.2. The molecule has 0 fully saturated rings. The molecule has 1 aliphatic heterocycles. The highest BCUT2D eigenvalue weighted by atomic mass is 19.1. The highest BCUT2D eigenvalue weighted by Crippen LogP contribution is 2.34. The molecule has 5 heteroatoms. The lowest BCUT2D eigenvalue weighted by atomic mass is 10.00. The third kappa shape index (κ3) is 2.75. The number of hydrogen-bond acceptors (Lipinski definition) is 3. The molecule has 0 saturated heterocycles. The van der Waals surface area contributed by atoms with E-state index in [9.17, 15) is 9.18 Å². The largest absolute Gasteiger partial charge is 0.444 e. The molecule has 2 heterocycles. The van der Waals surface area contributed by atoms with Gasteiger partial charge in [0.1, 0.15) is 30.2 Å². The Hall–Kier alpha value is -3.18. The molecule has 1 aliphatic rings. The summed E-state index contributed by atoms with van der Waals surface area (Å²) >= 11 is 0. The van der Waals surface area contributed by atoms with Crippen LogP contribution in [0.2, 0.25) is 0 Å². The molecule has 0 radical (unpaired) electrons. The Morgan fingerprint density at radius 1 is 1.04 bits per heavy atom. The van der Waals surface area contributed by atoms with Gasteiger partial charge in [-0.1, -0.05) is 30.3 Å². The number of ether oxygens (including phenoxy) is 1. The van der Waals surface area contributed by atoms with Crippen LogP contribution in [0.15, 0.2) is 63.8 Å². The van der Waals surface area contributed by atoms with Gasteiger partial charge < -0.3 is 9.15 Å². The maximum absolute atomic E-state index is 13.1. The van der Waals surface area contributed by atoms with Crippen LogP contribution in [0.3, 0.4) is 0 Å². The minimum atomic E-state index is -0.328. The Morgan fingerprint density at radius 2 is 1.79 bits per heavy atom. The van der Waals surface area contributed by atoms with Crippen molar-refractivity contribution in [2.24, 2.45) is 0 Å². The Bertz CT molecular complexity index is 1260. The fourth-order valence-corrected chi connectivity index (χ4v) is 4.06. The molecule has 0 saturated carbocycles. The topological polar surface area (TPSA) is 43.9 Å². The zero-order chi connectivity index (χ0) is 19.3. The molecule has 5 rings (SSSR count). The minimum Gasteiger partial charge on any atom is -0.444 e. The number of nitrogens with one attached hydrogen (secondary N) is 1. The summed E-state index contributed by atoms with van der Waals surface area (Å²) in [5.74, 6) is 0.572. The predicted octanol–water partition coefficient (Wildman–Crippen LogP) is 3.33. The van der Waals surface area contributed by atoms with Gasteiger partial charge in [0.2, 0.25) is 6.73 Å². The number of hydrogen-bond donors (Lipinski definition) is 1. The quantitative estimate of drug-likeness (QED) is 0.431. The van der Waals surface area contributed by atoms with E-state index < -0.39 is 0 Å². The first-order valence-electron chi connectivity index (χ1n) is 9.29. The third-order valence-corrected chi connectivity index (χ3v) is 5.40. The van der Waals surface area contributed by atoms with Crippen molar-refractivity contribution < 1.29 is 18.4 Å². The van der Waals surface area contributed by atoms with Gasteiger partial charge in [-0.2, -0.15) is 0 Å². The number of aryl methyl sites for hydroxylation is 1. The highest BCUT2D eigenvalue weighted by molar-refractivity contribution is 6.06. The third-order valence-electron chi connectivity index (χ3n) is 5.40. The summed E-state index contributed by atoms with van der Waals surface area (Å²) in [6.45, 7) is 3.98. The Balaban J connectivity index is 1.58. The van der Waals surface area contributed by atoms with Crippen molar-refractivity contribution in [3.05, 3.63) is 87.5 Å². The van der Waals surface area contributed by atoms with Crippen molar-refractivity contribution in [3.8, 4) is 5.75 Å². The van der Waals surface area contributed by atoms with Gasteiger partial charge in [-0.25, -0.2) is 9.18 Å². The van der Waals surface area contributed by atoms with Crippen molar-refractivity contribution in [1.82, 2.24) is 0 Å². The van der Waals surface area contributed by atoms with E-state index in [1.165, 1.54) is 17.0 Å². The van der Waals surface area contributed by atoms with E-state index >= 15 is 0 Å². The van der Waals surface area contributed by atoms with E-state index in [1.54, 1.807) is 6.07 Å². The average Bonchev–Trinajstić information content (AvgIpc) is 2.71. The molecule has 0 aliphatic carbocycles. The molecule has 0 bridgehead atoms. The maximum atomic E-state index is 13.1. The lowest BCUT2D eigenvalue weighted by molar-refractivity contribution is -0.945. The van der Waals surface area contributed by atoms with Crippen LogP contribution >= 0.6 is 0 Å². The summed E-state index contributed by atoms with van der Waals surface area (Å²) in [6.07, 6.45) is 0. The van der Waals surface area contributed by atoms with Gasteiger partial charge in [0.05, 0.1) is 5.39 Å². The van der Waals surface area contributed by atoms with Crippen molar-refractivity contribution in [1.29, 1.82) is 0 Å². The van der Waals surface area contributed by atoms with E-state index in [0.29, 0.717) is 17.7 Å². The first-order valence-corrected chi connectivity index (χ1v) is 9.29. The normalized spacial score (nSPS) is 16.1. The van der Waals surface area contributed by atoms with Crippen LogP contribution < -0.4 is 15.3 Å². The number of quaternary nitrogens is 1. The van der Waals surface area contributed by atoms with Gasteiger partial charge in [0.25, 0.3) is 0 Å². The van der Waals surface area contributed by atoms with Gasteiger partial charge in [0, 0.05) is 22.1 Å². The molecule has 1 aromatic heterocycles. The summed E-state index contributed by atoms with van der Waals surface area (Å²) in [5.41, 5.74) is 3.27. The summed E-state index contributed by atoms with van der Waals surface area (Å²) in [4.78, 5) is 13.6. The second-order valence-corrected chi connectivity index (χ2v) is 7.32. The number of rotatable bonds is 2. The molecule has 0 amide bonds. The zero-order valence-electron chi connectivity index (χ0n) is 15.4. The summed E-state index contributed by atoms with van der Waals surface area (Å²) in [7, 11) is 0. The number of halogens is 1. The molecular weight excluding hydrogens is 357 g/mol. The number of benzene rings is 3. The molecule has 0 spiro atoms. The standard InChI is InChI=1S/C23H18FNO3/c1-14-21-16(12-25(13-27-21)11-15-6-8-17(24)9-7-15)10-20-18-4-2-3-5-19(18)23(26)28-22(14)20/h2-10H,11-13H2,1H3/p+1. The SMILES string of the molecule is Cc1c2c(cc3c1oc(=O)c1ccccc13)C[NH+](Cc1ccc(F)cc1)CO2. The van der Waals surface area contributed by atoms with E-state index in [1.807, 2.05) is 37.3 Å². The predicted molar refractivity (Wildman–Crippen MR) is 105 cm³/mol. The Labute approximate surface area is 160 Å². The van der Waals surface area contributed by atoms with Crippen molar-refractivity contribution in [3.63, 3.8) is 0 Å².